The van der Waals surface area contributed by atoms with Crippen molar-refractivity contribution in [1.82, 2.24) is 9.55 Å². The molecular formula is C18H27N3. The predicted octanol–water partition coefficient (Wildman–Crippen LogP) is 4.37. The van der Waals surface area contributed by atoms with Crippen molar-refractivity contribution >= 4 is 5.82 Å². The van der Waals surface area contributed by atoms with E-state index in [0.29, 0.717) is 5.92 Å². The molecule has 0 aliphatic heterocycles. The van der Waals surface area contributed by atoms with Crippen LogP contribution in [0.3, 0.4) is 0 Å². The lowest BCUT2D eigenvalue weighted by molar-refractivity contribution is 0.626. The van der Waals surface area contributed by atoms with Gasteiger partial charge in [-0.1, -0.05) is 51.1 Å². The van der Waals surface area contributed by atoms with Gasteiger partial charge in [0.2, 0.25) is 0 Å². The van der Waals surface area contributed by atoms with Crippen molar-refractivity contribution in [2.45, 2.75) is 58.9 Å². The van der Waals surface area contributed by atoms with Gasteiger partial charge in [0.05, 0.1) is 12.2 Å². The van der Waals surface area contributed by atoms with Gasteiger partial charge < -0.3 is 10.3 Å². The number of hydrogen-bond donors (Lipinski definition) is 1. The number of aromatic nitrogens is 2. The highest BCUT2D eigenvalue weighted by atomic mass is 15.1. The van der Waals surface area contributed by atoms with Crippen LogP contribution in [0.25, 0.3) is 0 Å². The average molecular weight is 285 g/mol. The lowest BCUT2D eigenvalue weighted by Gasteiger charge is -2.12. The van der Waals surface area contributed by atoms with Crippen molar-refractivity contribution in [3.05, 3.63) is 47.4 Å². The fraction of sp³-hybridized carbons (Fsp3) is 0.500. The molecule has 2 N–H and O–H groups in total. The summed E-state index contributed by atoms with van der Waals surface area (Å²) in [5.74, 6) is 2.45. The van der Waals surface area contributed by atoms with Crippen LogP contribution in [0.15, 0.2) is 30.3 Å². The molecule has 2 aromatic rings. The molecular weight excluding hydrogens is 258 g/mol. The van der Waals surface area contributed by atoms with Crippen molar-refractivity contribution in [3.63, 3.8) is 0 Å². The van der Waals surface area contributed by atoms with E-state index < -0.39 is 0 Å². The second-order valence-corrected chi connectivity index (χ2v) is 5.63. The molecule has 2 rings (SSSR count). The van der Waals surface area contributed by atoms with Gasteiger partial charge in [-0.2, -0.15) is 0 Å². The quantitative estimate of drug-likeness (QED) is 0.821. The highest BCUT2D eigenvalue weighted by Gasteiger charge is 2.19. The zero-order valence-electron chi connectivity index (χ0n) is 13.5. The standard InChI is InChI=1S/C18H27N3/c1-4-10-16-20-17(15(5-2)6-3)18(19)21(16)13-14-11-8-7-9-12-14/h7-9,11-12,15H,4-6,10,13,19H2,1-3H3. The van der Waals surface area contributed by atoms with E-state index in [0.717, 1.165) is 49.6 Å². The molecule has 0 aliphatic carbocycles. The first-order valence-corrected chi connectivity index (χ1v) is 8.09. The summed E-state index contributed by atoms with van der Waals surface area (Å²) in [7, 11) is 0. The molecule has 21 heavy (non-hydrogen) atoms. The molecule has 0 radical (unpaired) electrons. The average Bonchev–Trinajstić information content (AvgIpc) is 2.80. The Hall–Kier alpha value is -1.77. The van der Waals surface area contributed by atoms with Gasteiger partial charge in [0.1, 0.15) is 11.6 Å². The van der Waals surface area contributed by atoms with Crippen LogP contribution in [0.1, 0.15) is 63.0 Å². The molecule has 1 aromatic heterocycles. The highest BCUT2D eigenvalue weighted by Crippen LogP contribution is 2.29. The third-order valence-electron chi connectivity index (χ3n) is 4.14. The van der Waals surface area contributed by atoms with Crippen molar-refractivity contribution in [3.8, 4) is 0 Å². The summed E-state index contributed by atoms with van der Waals surface area (Å²) in [5, 5.41) is 0. The van der Waals surface area contributed by atoms with Gasteiger partial charge in [-0.15, -0.1) is 0 Å². The second kappa shape index (κ2) is 7.30. The Morgan fingerprint density at radius 3 is 2.33 bits per heavy atom. The van der Waals surface area contributed by atoms with Crippen molar-refractivity contribution in [2.24, 2.45) is 0 Å². The van der Waals surface area contributed by atoms with E-state index in [1.165, 1.54) is 5.56 Å². The molecule has 0 bridgehead atoms. The number of benzene rings is 1. The molecule has 0 unspecified atom stereocenters. The first-order valence-electron chi connectivity index (χ1n) is 8.09. The number of hydrogen-bond acceptors (Lipinski definition) is 2. The zero-order valence-corrected chi connectivity index (χ0v) is 13.5. The Bertz CT molecular complexity index is 553. The van der Waals surface area contributed by atoms with Gasteiger partial charge >= 0.3 is 0 Å². The molecule has 1 aromatic carbocycles. The molecule has 0 aliphatic rings. The minimum absolute atomic E-state index is 0.470. The second-order valence-electron chi connectivity index (χ2n) is 5.63. The lowest BCUT2D eigenvalue weighted by atomic mass is 9.99. The maximum Gasteiger partial charge on any atom is 0.127 e. The zero-order chi connectivity index (χ0) is 15.2. The summed E-state index contributed by atoms with van der Waals surface area (Å²) >= 11 is 0. The maximum absolute atomic E-state index is 6.43. The molecule has 0 fully saturated rings. The largest absolute Gasteiger partial charge is 0.384 e. The van der Waals surface area contributed by atoms with Gasteiger partial charge in [-0.3, -0.25) is 0 Å². The Morgan fingerprint density at radius 1 is 1.10 bits per heavy atom. The number of nitrogens with two attached hydrogens (primary N) is 1. The van der Waals surface area contributed by atoms with Crippen molar-refractivity contribution in [2.75, 3.05) is 5.73 Å². The van der Waals surface area contributed by atoms with Gasteiger partial charge in [0.25, 0.3) is 0 Å². The summed E-state index contributed by atoms with van der Waals surface area (Å²) < 4.78 is 2.20. The minimum atomic E-state index is 0.470. The number of nitrogens with zero attached hydrogens (tertiary/aromatic N) is 2. The van der Waals surface area contributed by atoms with Gasteiger partial charge in [-0.05, 0) is 24.8 Å². The van der Waals surface area contributed by atoms with E-state index in [9.17, 15) is 0 Å². The fourth-order valence-electron chi connectivity index (χ4n) is 2.87. The Kier molecular flexibility index (Phi) is 5.43. The molecule has 3 nitrogen and oxygen atoms in total. The van der Waals surface area contributed by atoms with Gasteiger partial charge in [0, 0.05) is 12.3 Å². The predicted molar refractivity (Wildman–Crippen MR) is 89.5 cm³/mol. The van der Waals surface area contributed by atoms with E-state index >= 15 is 0 Å². The summed E-state index contributed by atoms with van der Waals surface area (Å²) in [6.07, 6.45) is 4.26. The normalized spacial score (nSPS) is 11.2. The fourth-order valence-corrected chi connectivity index (χ4v) is 2.87. The molecule has 0 atom stereocenters. The van der Waals surface area contributed by atoms with Crippen LogP contribution in [0.2, 0.25) is 0 Å². The van der Waals surface area contributed by atoms with Gasteiger partial charge in [-0.25, -0.2) is 4.98 Å². The van der Waals surface area contributed by atoms with Crippen LogP contribution < -0.4 is 5.73 Å². The number of nitrogen functional groups attached to an aromatic ring is 1. The van der Waals surface area contributed by atoms with E-state index in [2.05, 4.69) is 49.6 Å². The van der Waals surface area contributed by atoms with E-state index in [1.807, 2.05) is 6.07 Å². The number of rotatable bonds is 7. The maximum atomic E-state index is 6.43. The van der Waals surface area contributed by atoms with E-state index in [1.54, 1.807) is 0 Å². The van der Waals surface area contributed by atoms with E-state index in [4.69, 9.17) is 10.7 Å². The lowest BCUT2D eigenvalue weighted by Crippen LogP contribution is -2.09. The summed E-state index contributed by atoms with van der Waals surface area (Å²) in [5.41, 5.74) is 8.80. The number of anilines is 1. The van der Waals surface area contributed by atoms with Crippen LogP contribution in [-0.4, -0.2) is 9.55 Å². The Labute approximate surface area is 128 Å². The van der Waals surface area contributed by atoms with Crippen molar-refractivity contribution < 1.29 is 0 Å². The van der Waals surface area contributed by atoms with Crippen molar-refractivity contribution in [1.29, 1.82) is 0 Å². The summed E-state index contributed by atoms with van der Waals surface area (Å²) in [6.45, 7) is 7.43. The third kappa shape index (κ3) is 3.46. The van der Waals surface area contributed by atoms with Crippen LogP contribution >= 0.6 is 0 Å². The smallest absolute Gasteiger partial charge is 0.127 e. The molecule has 0 spiro atoms. The third-order valence-corrected chi connectivity index (χ3v) is 4.14. The first kappa shape index (κ1) is 15.6. The first-order chi connectivity index (χ1) is 10.2. The molecule has 114 valence electrons. The molecule has 1 heterocycles. The summed E-state index contributed by atoms with van der Waals surface area (Å²) in [4.78, 5) is 4.88. The molecule has 0 saturated heterocycles. The van der Waals surface area contributed by atoms with E-state index in [-0.39, 0.29) is 0 Å². The minimum Gasteiger partial charge on any atom is -0.384 e. The Morgan fingerprint density at radius 2 is 1.76 bits per heavy atom. The van der Waals surface area contributed by atoms with Crippen LogP contribution in [0.5, 0.6) is 0 Å². The molecule has 3 heteroatoms. The van der Waals surface area contributed by atoms with Crippen LogP contribution in [-0.2, 0) is 13.0 Å². The molecule has 0 amide bonds. The number of aryl methyl sites for hydroxylation is 1. The number of imidazole rings is 1. The monoisotopic (exact) mass is 285 g/mol. The highest BCUT2D eigenvalue weighted by molar-refractivity contribution is 5.41. The molecule has 0 saturated carbocycles. The summed E-state index contributed by atoms with van der Waals surface area (Å²) in [6, 6.07) is 10.5. The topological polar surface area (TPSA) is 43.8 Å². The van der Waals surface area contributed by atoms with Gasteiger partial charge in [0.15, 0.2) is 0 Å². The van der Waals surface area contributed by atoms with Crippen LogP contribution in [0, 0.1) is 0 Å². The SMILES string of the molecule is CCCc1nc(C(CC)CC)c(N)n1Cc1ccccc1. The Balaban J connectivity index is 2.38. The van der Waals surface area contributed by atoms with Crippen LogP contribution in [0.4, 0.5) is 5.82 Å².